The summed E-state index contributed by atoms with van der Waals surface area (Å²) in [6, 6.07) is 8.70. The van der Waals surface area contributed by atoms with E-state index in [1.807, 2.05) is 0 Å². The first-order valence-corrected chi connectivity index (χ1v) is 8.94. The van der Waals surface area contributed by atoms with E-state index in [9.17, 15) is 8.42 Å². The smallest absolute Gasteiger partial charge is 0.213 e. The topological polar surface area (TPSA) is 40.6 Å². The van der Waals surface area contributed by atoms with Gasteiger partial charge in [0.05, 0.1) is 5.75 Å². The molecule has 4 nitrogen and oxygen atoms in total. The molecule has 112 valence electrons. The molecule has 1 aliphatic rings. The van der Waals surface area contributed by atoms with Crippen molar-refractivity contribution in [2.45, 2.75) is 26.8 Å². The summed E-state index contributed by atoms with van der Waals surface area (Å²) in [7, 11) is -3.02. The lowest BCUT2D eigenvalue weighted by molar-refractivity contribution is 0.181. The molecule has 1 saturated heterocycles. The average Bonchev–Trinajstić information content (AvgIpc) is 2.48. The monoisotopic (exact) mass is 296 g/mol. The number of hydrogen-bond donors (Lipinski definition) is 0. The van der Waals surface area contributed by atoms with Crippen molar-refractivity contribution in [2.75, 3.05) is 31.9 Å². The fourth-order valence-electron chi connectivity index (χ4n) is 2.49. The van der Waals surface area contributed by atoms with E-state index in [1.54, 1.807) is 11.2 Å². The summed E-state index contributed by atoms with van der Waals surface area (Å²) >= 11 is 0. The lowest BCUT2D eigenvalue weighted by Gasteiger charge is -2.33. The standard InChI is InChI=1S/C15H24N2O2S/c1-3-14-5-7-15(8-6-14)13-16-9-11-17(12-10-16)20(18,19)4-2/h5-8H,3-4,9-13H2,1-2H3. The Hall–Kier alpha value is -0.910. The van der Waals surface area contributed by atoms with Gasteiger partial charge in [-0.25, -0.2) is 8.42 Å². The third-order valence-corrected chi connectivity index (χ3v) is 5.81. The summed E-state index contributed by atoms with van der Waals surface area (Å²) in [5.74, 6) is 0.200. The molecule has 0 atom stereocenters. The highest BCUT2D eigenvalue weighted by atomic mass is 32.2. The molecule has 5 heteroatoms. The Balaban J connectivity index is 1.88. The zero-order valence-electron chi connectivity index (χ0n) is 12.4. The van der Waals surface area contributed by atoms with Gasteiger partial charge in [0.1, 0.15) is 0 Å². The number of aryl methyl sites for hydroxylation is 1. The van der Waals surface area contributed by atoms with Gasteiger partial charge in [-0.15, -0.1) is 0 Å². The van der Waals surface area contributed by atoms with Crippen LogP contribution in [0, 0.1) is 0 Å². The molecule has 2 rings (SSSR count). The van der Waals surface area contributed by atoms with Crippen LogP contribution in [0.3, 0.4) is 0 Å². The van der Waals surface area contributed by atoms with Gasteiger partial charge in [0.2, 0.25) is 10.0 Å². The normalized spacial score (nSPS) is 18.3. The minimum Gasteiger partial charge on any atom is -0.296 e. The Morgan fingerprint density at radius 1 is 0.950 bits per heavy atom. The van der Waals surface area contributed by atoms with Gasteiger partial charge in [0.15, 0.2) is 0 Å². The molecule has 0 saturated carbocycles. The van der Waals surface area contributed by atoms with Crippen molar-refractivity contribution in [3.63, 3.8) is 0 Å². The summed E-state index contributed by atoms with van der Waals surface area (Å²) in [6.45, 7) is 7.62. The molecule has 0 bridgehead atoms. The summed E-state index contributed by atoms with van der Waals surface area (Å²) < 4.78 is 25.2. The molecule has 1 aliphatic heterocycles. The van der Waals surface area contributed by atoms with Crippen LogP contribution in [-0.2, 0) is 23.0 Å². The maximum atomic E-state index is 11.8. The molecule has 1 heterocycles. The predicted molar refractivity (Wildman–Crippen MR) is 82.1 cm³/mol. The first-order valence-electron chi connectivity index (χ1n) is 7.33. The van der Waals surface area contributed by atoms with Gasteiger partial charge >= 0.3 is 0 Å². The second kappa shape index (κ2) is 6.70. The van der Waals surface area contributed by atoms with Crippen LogP contribution in [0.1, 0.15) is 25.0 Å². The average molecular weight is 296 g/mol. The number of piperazine rings is 1. The Morgan fingerprint density at radius 2 is 1.50 bits per heavy atom. The summed E-state index contributed by atoms with van der Waals surface area (Å²) in [5, 5.41) is 0. The molecule has 0 aromatic heterocycles. The molecular formula is C15H24N2O2S. The van der Waals surface area contributed by atoms with Crippen molar-refractivity contribution in [3.8, 4) is 0 Å². The van der Waals surface area contributed by atoms with E-state index in [0.717, 1.165) is 26.1 Å². The van der Waals surface area contributed by atoms with Crippen LogP contribution in [0.2, 0.25) is 0 Å². The van der Waals surface area contributed by atoms with Crippen LogP contribution < -0.4 is 0 Å². The highest BCUT2D eigenvalue weighted by molar-refractivity contribution is 7.89. The summed E-state index contributed by atoms with van der Waals surface area (Å²) in [4.78, 5) is 2.32. The molecule has 0 spiro atoms. The molecule has 20 heavy (non-hydrogen) atoms. The first kappa shape index (κ1) is 15.5. The third kappa shape index (κ3) is 3.81. The quantitative estimate of drug-likeness (QED) is 0.830. The maximum absolute atomic E-state index is 11.8. The van der Waals surface area contributed by atoms with E-state index in [0.29, 0.717) is 13.1 Å². The molecule has 1 fully saturated rings. The van der Waals surface area contributed by atoms with E-state index in [-0.39, 0.29) is 5.75 Å². The predicted octanol–water partition coefficient (Wildman–Crippen LogP) is 1.72. The Labute approximate surface area is 122 Å². The van der Waals surface area contributed by atoms with Gasteiger partial charge < -0.3 is 0 Å². The minimum atomic E-state index is -3.02. The van der Waals surface area contributed by atoms with Gasteiger partial charge in [-0.05, 0) is 24.5 Å². The van der Waals surface area contributed by atoms with Crippen LogP contribution in [0.4, 0.5) is 0 Å². The second-order valence-electron chi connectivity index (χ2n) is 5.25. The Morgan fingerprint density at radius 3 is 2.00 bits per heavy atom. The van der Waals surface area contributed by atoms with E-state index < -0.39 is 10.0 Å². The van der Waals surface area contributed by atoms with Gasteiger partial charge in [-0.2, -0.15) is 4.31 Å². The van der Waals surface area contributed by atoms with Gasteiger partial charge in [-0.3, -0.25) is 4.90 Å². The van der Waals surface area contributed by atoms with Crippen LogP contribution in [0.25, 0.3) is 0 Å². The molecular weight excluding hydrogens is 272 g/mol. The van der Waals surface area contributed by atoms with Crippen molar-refractivity contribution in [2.24, 2.45) is 0 Å². The van der Waals surface area contributed by atoms with Gasteiger partial charge in [-0.1, -0.05) is 31.2 Å². The number of hydrogen-bond acceptors (Lipinski definition) is 3. The molecule has 0 amide bonds. The van der Waals surface area contributed by atoms with Crippen molar-refractivity contribution < 1.29 is 8.42 Å². The Bertz CT molecular complexity index is 517. The highest BCUT2D eigenvalue weighted by Crippen LogP contribution is 2.12. The number of sulfonamides is 1. The van der Waals surface area contributed by atoms with E-state index >= 15 is 0 Å². The van der Waals surface area contributed by atoms with Crippen LogP contribution >= 0.6 is 0 Å². The zero-order valence-corrected chi connectivity index (χ0v) is 13.2. The lowest BCUT2D eigenvalue weighted by atomic mass is 10.1. The molecule has 0 radical (unpaired) electrons. The third-order valence-electron chi connectivity index (χ3n) is 3.93. The minimum absolute atomic E-state index is 0.200. The van der Waals surface area contributed by atoms with Crippen molar-refractivity contribution in [1.82, 2.24) is 9.21 Å². The van der Waals surface area contributed by atoms with E-state index in [1.165, 1.54) is 11.1 Å². The second-order valence-corrected chi connectivity index (χ2v) is 7.50. The van der Waals surface area contributed by atoms with Crippen molar-refractivity contribution in [1.29, 1.82) is 0 Å². The fraction of sp³-hybridized carbons (Fsp3) is 0.600. The van der Waals surface area contributed by atoms with Crippen LogP contribution in [0.15, 0.2) is 24.3 Å². The van der Waals surface area contributed by atoms with Crippen LogP contribution in [0.5, 0.6) is 0 Å². The molecule has 0 N–H and O–H groups in total. The van der Waals surface area contributed by atoms with E-state index in [2.05, 4.69) is 36.1 Å². The largest absolute Gasteiger partial charge is 0.296 e. The van der Waals surface area contributed by atoms with E-state index in [4.69, 9.17) is 0 Å². The maximum Gasteiger partial charge on any atom is 0.213 e. The van der Waals surface area contributed by atoms with Crippen molar-refractivity contribution >= 4 is 10.0 Å². The highest BCUT2D eigenvalue weighted by Gasteiger charge is 2.25. The molecule has 0 unspecified atom stereocenters. The zero-order chi connectivity index (χ0) is 14.6. The first-order chi connectivity index (χ1) is 9.55. The Kier molecular flexibility index (Phi) is 5.18. The lowest BCUT2D eigenvalue weighted by Crippen LogP contribution is -2.48. The number of nitrogens with zero attached hydrogens (tertiary/aromatic N) is 2. The van der Waals surface area contributed by atoms with Gasteiger partial charge in [0, 0.05) is 32.7 Å². The van der Waals surface area contributed by atoms with Crippen LogP contribution in [-0.4, -0.2) is 49.6 Å². The fourth-order valence-corrected chi connectivity index (χ4v) is 3.57. The molecule has 0 aliphatic carbocycles. The summed E-state index contributed by atoms with van der Waals surface area (Å²) in [5.41, 5.74) is 2.65. The molecule has 1 aromatic carbocycles. The number of rotatable bonds is 5. The SMILES string of the molecule is CCc1ccc(CN2CCN(S(=O)(=O)CC)CC2)cc1. The molecule has 1 aromatic rings. The van der Waals surface area contributed by atoms with Gasteiger partial charge in [0.25, 0.3) is 0 Å². The number of benzene rings is 1. The van der Waals surface area contributed by atoms with Crippen molar-refractivity contribution in [3.05, 3.63) is 35.4 Å². The summed E-state index contributed by atoms with van der Waals surface area (Å²) in [6.07, 6.45) is 1.06.